The van der Waals surface area contributed by atoms with E-state index in [0.717, 1.165) is 40.7 Å². The van der Waals surface area contributed by atoms with Gasteiger partial charge in [-0.05, 0) is 79.4 Å². The van der Waals surface area contributed by atoms with Gasteiger partial charge in [-0.2, -0.15) is 0 Å². The minimum absolute atomic E-state index is 0.453. The summed E-state index contributed by atoms with van der Waals surface area (Å²) in [6.07, 6.45) is 10.2. The molecule has 4 fully saturated rings. The van der Waals surface area contributed by atoms with Gasteiger partial charge < -0.3 is 4.42 Å². The summed E-state index contributed by atoms with van der Waals surface area (Å²) < 4.78 is 6.00. The van der Waals surface area contributed by atoms with Crippen LogP contribution in [0.2, 0.25) is 5.02 Å². The molecule has 4 aliphatic carbocycles. The molecular weight excluding hydrogens is 320 g/mol. The average Bonchev–Trinajstić information content (AvgIpc) is 2.92. The van der Waals surface area contributed by atoms with Crippen LogP contribution in [0, 0.1) is 23.2 Å². The quantitative estimate of drug-likeness (QED) is 0.778. The van der Waals surface area contributed by atoms with Crippen molar-refractivity contribution in [2.45, 2.75) is 51.4 Å². The lowest BCUT2D eigenvalue weighted by atomic mass is 9.49. The van der Waals surface area contributed by atoms with Crippen molar-refractivity contribution in [3.05, 3.63) is 46.6 Å². The zero-order valence-corrected chi connectivity index (χ0v) is 14.6. The molecule has 0 amide bonds. The molecule has 4 aliphatic rings. The van der Waals surface area contributed by atoms with E-state index in [0.29, 0.717) is 17.7 Å². The van der Waals surface area contributed by atoms with Gasteiger partial charge in [0.25, 0.3) is 0 Å². The minimum atomic E-state index is 0.453. The van der Waals surface area contributed by atoms with Crippen molar-refractivity contribution in [2.24, 2.45) is 23.2 Å². The van der Waals surface area contributed by atoms with E-state index >= 15 is 0 Å². The van der Waals surface area contributed by atoms with Gasteiger partial charge in [0.05, 0.1) is 6.42 Å². The van der Waals surface area contributed by atoms with Crippen LogP contribution in [0.3, 0.4) is 0 Å². The van der Waals surface area contributed by atoms with Crippen molar-refractivity contribution in [1.82, 2.24) is 10.2 Å². The van der Waals surface area contributed by atoms with E-state index in [1.54, 1.807) is 0 Å². The van der Waals surface area contributed by atoms with Crippen LogP contribution >= 0.6 is 11.6 Å². The molecule has 0 unspecified atom stereocenters. The second-order valence-corrected chi connectivity index (χ2v) is 8.93. The van der Waals surface area contributed by atoms with Gasteiger partial charge in [-0.3, -0.25) is 0 Å². The maximum atomic E-state index is 6.05. The first-order valence-electron chi connectivity index (χ1n) is 9.21. The molecule has 4 bridgehead atoms. The Bertz CT molecular complexity index is 718. The summed E-state index contributed by atoms with van der Waals surface area (Å²) in [5.41, 5.74) is 1.57. The SMILES string of the molecule is Clc1cccc(Cc2nnc(CC34CC5CC(CC(C5)C3)C4)o2)c1. The predicted octanol–water partition coefficient (Wildman–Crippen LogP) is 5.07. The summed E-state index contributed by atoms with van der Waals surface area (Å²) in [7, 11) is 0. The van der Waals surface area contributed by atoms with Crippen LogP contribution in [-0.4, -0.2) is 10.2 Å². The molecule has 0 radical (unpaired) electrons. The van der Waals surface area contributed by atoms with Crippen molar-refractivity contribution in [1.29, 1.82) is 0 Å². The third-order valence-electron chi connectivity index (χ3n) is 6.44. The van der Waals surface area contributed by atoms with E-state index in [1.807, 2.05) is 18.2 Å². The molecule has 6 rings (SSSR count). The Morgan fingerprint density at radius 2 is 1.67 bits per heavy atom. The highest BCUT2D eigenvalue weighted by atomic mass is 35.5. The van der Waals surface area contributed by atoms with Gasteiger partial charge in [-0.25, -0.2) is 0 Å². The van der Waals surface area contributed by atoms with E-state index in [1.165, 1.54) is 38.5 Å². The Hall–Kier alpha value is -1.35. The molecule has 4 heteroatoms. The molecule has 126 valence electrons. The first-order chi connectivity index (χ1) is 11.7. The Balaban J connectivity index is 1.31. The summed E-state index contributed by atoms with van der Waals surface area (Å²) in [5.74, 6) is 4.44. The van der Waals surface area contributed by atoms with Crippen LogP contribution in [-0.2, 0) is 12.8 Å². The molecule has 0 spiro atoms. The van der Waals surface area contributed by atoms with Crippen LogP contribution in [0.1, 0.15) is 55.9 Å². The van der Waals surface area contributed by atoms with Crippen LogP contribution in [0.4, 0.5) is 0 Å². The van der Waals surface area contributed by atoms with Crippen LogP contribution in [0.15, 0.2) is 28.7 Å². The number of nitrogens with zero attached hydrogens (tertiary/aromatic N) is 2. The summed E-state index contributed by atoms with van der Waals surface area (Å²) in [6, 6.07) is 7.86. The highest BCUT2D eigenvalue weighted by Crippen LogP contribution is 2.60. The lowest BCUT2D eigenvalue weighted by Crippen LogP contribution is -2.47. The largest absolute Gasteiger partial charge is 0.425 e. The predicted molar refractivity (Wildman–Crippen MR) is 92.9 cm³/mol. The molecule has 1 aromatic carbocycles. The van der Waals surface area contributed by atoms with Gasteiger partial charge in [0.1, 0.15) is 0 Å². The first kappa shape index (κ1) is 14.9. The van der Waals surface area contributed by atoms with Gasteiger partial charge in [0.2, 0.25) is 11.8 Å². The molecule has 0 saturated heterocycles. The topological polar surface area (TPSA) is 38.9 Å². The van der Waals surface area contributed by atoms with E-state index in [9.17, 15) is 0 Å². The lowest BCUT2D eigenvalue weighted by Gasteiger charge is -2.56. The van der Waals surface area contributed by atoms with Gasteiger partial charge >= 0.3 is 0 Å². The Labute approximate surface area is 147 Å². The molecule has 4 saturated carbocycles. The molecule has 1 heterocycles. The van der Waals surface area contributed by atoms with Crippen molar-refractivity contribution >= 4 is 11.6 Å². The van der Waals surface area contributed by atoms with Crippen LogP contribution in [0.25, 0.3) is 0 Å². The molecule has 0 N–H and O–H groups in total. The second-order valence-electron chi connectivity index (χ2n) is 8.49. The minimum Gasteiger partial charge on any atom is -0.425 e. The summed E-state index contributed by atoms with van der Waals surface area (Å²) in [6.45, 7) is 0. The van der Waals surface area contributed by atoms with Crippen LogP contribution in [0.5, 0.6) is 0 Å². The van der Waals surface area contributed by atoms with Gasteiger partial charge in [-0.1, -0.05) is 23.7 Å². The molecule has 3 nitrogen and oxygen atoms in total. The standard InChI is InChI=1S/C20H23ClN2O/c21-17-3-1-2-13(7-17)8-18-22-23-19(24-18)12-20-9-14-4-15(10-20)6-16(5-14)11-20/h1-3,7,14-16H,4-6,8-12H2. The highest BCUT2D eigenvalue weighted by molar-refractivity contribution is 6.30. The number of benzene rings is 1. The Morgan fingerprint density at radius 1 is 1.00 bits per heavy atom. The number of hydrogen-bond donors (Lipinski definition) is 0. The van der Waals surface area contributed by atoms with E-state index in [4.69, 9.17) is 16.0 Å². The first-order valence-corrected chi connectivity index (χ1v) is 9.59. The number of halogens is 1. The molecule has 1 aromatic heterocycles. The molecule has 2 aromatic rings. The number of aromatic nitrogens is 2. The zero-order valence-electron chi connectivity index (χ0n) is 13.9. The fourth-order valence-electron chi connectivity index (χ4n) is 6.08. The molecule has 0 aliphatic heterocycles. The van der Waals surface area contributed by atoms with E-state index in [2.05, 4.69) is 16.3 Å². The van der Waals surface area contributed by atoms with E-state index in [-0.39, 0.29) is 0 Å². The third kappa shape index (κ3) is 2.77. The summed E-state index contributed by atoms with van der Waals surface area (Å²) >= 11 is 6.05. The lowest BCUT2D eigenvalue weighted by molar-refractivity contribution is -0.0551. The molecule has 24 heavy (non-hydrogen) atoms. The Morgan fingerprint density at radius 3 is 2.33 bits per heavy atom. The van der Waals surface area contributed by atoms with Crippen molar-refractivity contribution < 1.29 is 4.42 Å². The average molecular weight is 343 g/mol. The smallest absolute Gasteiger partial charge is 0.220 e. The Kier molecular flexibility index (Phi) is 3.48. The zero-order chi connectivity index (χ0) is 16.1. The molecule has 0 atom stereocenters. The van der Waals surface area contributed by atoms with Gasteiger partial charge in [0, 0.05) is 11.4 Å². The second kappa shape index (κ2) is 5.59. The van der Waals surface area contributed by atoms with Gasteiger partial charge in [0.15, 0.2) is 0 Å². The monoisotopic (exact) mass is 342 g/mol. The maximum Gasteiger partial charge on any atom is 0.220 e. The highest BCUT2D eigenvalue weighted by Gasteiger charge is 2.51. The van der Waals surface area contributed by atoms with Crippen LogP contribution < -0.4 is 0 Å². The fraction of sp³-hybridized carbons (Fsp3) is 0.600. The van der Waals surface area contributed by atoms with Crippen molar-refractivity contribution in [3.63, 3.8) is 0 Å². The van der Waals surface area contributed by atoms with Crippen molar-refractivity contribution in [2.75, 3.05) is 0 Å². The van der Waals surface area contributed by atoms with E-state index < -0.39 is 0 Å². The summed E-state index contributed by atoms with van der Waals surface area (Å²) in [4.78, 5) is 0. The van der Waals surface area contributed by atoms with Crippen molar-refractivity contribution in [3.8, 4) is 0 Å². The molecular formula is C20H23ClN2O. The maximum absolute atomic E-state index is 6.05. The van der Waals surface area contributed by atoms with Gasteiger partial charge in [-0.15, -0.1) is 10.2 Å². The summed E-state index contributed by atoms with van der Waals surface area (Å²) in [5, 5.41) is 9.39. The number of rotatable bonds is 4. The normalized spacial score (nSPS) is 34.0. The fourth-order valence-corrected chi connectivity index (χ4v) is 6.29. The number of hydrogen-bond acceptors (Lipinski definition) is 3. The third-order valence-corrected chi connectivity index (χ3v) is 6.68.